The first-order valence-corrected chi connectivity index (χ1v) is 10.1. The van der Waals surface area contributed by atoms with Gasteiger partial charge in [0, 0.05) is 36.5 Å². The van der Waals surface area contributed by atoms with Crippen LogP contribution in [-0.4, -0.2) is 34.3 Å². The van der Waals surface area contributed by atoms with Gasteiger partial charge in [-0.1, -0.05) is 41.9 Å². The molecule has 2 aliphatic rings. The number of piperidine rings is 1. The predicted molar refractivity (Wildman–Crippen MR) is 109 cm³/mol. The summed E-state index contributed by atoms with van der Waals surface area (Å²) in [5.74, 6) is -0.670. The highest BCUT2D eigenvalue weighted by Crippen LogP contribution is 2.45. The smallest absolute Gasteiger partial charge is 0.339 e. The molecule has 1 atom stereocenters. The summed E-state index contributed by atoms with van der Waals surface area (Å²) in [6.07, 6.45) is -0.00983. The highest BCUT2D eigenvalue weighted by atomic mass is 35.5. The number of hydrogen-bond acceptors (Lipinski definition) is 7. The van der Waals surface area contributed by atoms with Crippen molar-refractivity contribution in [2.75, 3.05) is 18.0 Å². The molecule has 154 valence electrons. The van der Waals surface area contributed by atoms with Gasteiger partial charge in [-0.25, -0.2) is 4.79 Å². The molecule has 0 aliphatic carbocycles. The molecular formula is C22H19ClN2O5. The second kappa shape index (κ2) is 7.04. The molecular weight excluding hydrogens is 408 g/mol. The fourth-order valence-corrected chi connectivity index (χ4v) is 4.32. The van der Waals surface area contributed by atoms with Crippen LogP contribution >= 0.6 is 11.6 Å². The summed E-state index contributed by atoms with van der Waals surface area (Å²) in [7, 11) is 0. The van der Waals surface area contributed by atoms with Crippen LogP contribution < -0.4 is 4.90 Å². The van der Waals surface area contributed by atoms with Gasteiger partial charge in [0.15, 0.2) is 0 Å². The van der Waals surface area contributed by atoms with E-state index in [0.717, 1.165) is 5.56 Å². The Hall–Kier alpha value is -3.03. The van der Waals surface area contributed by atoms with Gasteiger partial charge in [-0.05, 0) is 23.8 Å². The van der Waals surface area contributed by atoms with Gasteiger partial charge < -0.3 is 24.3 Å². The monoisotopic (exact) mass is 426 g/mol. The van der Waals surface area contributed by atoms with Crippen molar-refractivity contribution >= 4 is 23.6 Å². The molecule has 30 heavy (non-hydrogen) atoms. The Morgan fingerprint density at radius 3 is 2.53 bits per heavy atom. The van der Waals surface area contributed by atoms with Crippen LogP contribution in [0.1, 0.15) is 46.2 Å². The molecule has 3 heterocycles. The van der Waals surface area contributed by atoms with Crippen LogP contribution in [0.4, 0.5) is 6.01 Å². The average Bonchev–Trinajstić information content (AvgIpc) is 3.27. The SMILES string of the molecule is O=C1OC2(CCN(c3nc(O)c(C(O)c4ccc(Cl)cc4)o3)CC2)c2ccccc21. The van der Waals surface area contributed by atoms with Crippen molar-refractivity contribution in [3.8, 4) is 5.88 Å². The van der Waals surface area contributed by atoms with Gasteiger partial charge in [0.05, 0.1) is 5.56 Å². The lowest BCUT2D eigenvalue weighted by atomic mass is 9.84. The summed E-state index contributed by atoms with van der Waals surface area (Å²) in [5, 5.41) is 21.3. The van der Waals surface area contributed by atoms with Crippen molar-refractivity contribution in [2.24, 2.45) is 0 Å². The molecule has 0 radical (unpaired) electrons. The van der Waals surface area contributed by atoms with Crippen LogP contribution in [0.25, 0.3) is 0 Å². The van der Waals surface area contributed by atoms with E-state index in [1.54, 1.807) is 30.3 Å². The van der Waals surface area contributed by atoms with Gasteiger partial charge in [-0.15, -0.1) is 0 Å². The van der Waals surface area contributed by atoms with E-state index in [2.05, 4.69) is 4.98 Å². The summed E-state index contributed by atoms with van der Waals surface area (Å²) < 4.78 is 11.5. The standard InChI is InChI=1S/C22H19ClN2O5/c23-14-7-5-13(6-8-14)17(26)18-19(27)24-21(29-18)25-11-9-22(10-12-25)16-4-2-1-3-15(16)20(28)30-22/h1-8,17,26-27H,9-12H2. The van der Waals surface area contributed by atoms with E-state index >= 15 is 0 Å². The summed E-state index contributed by atoms with van der Waals surface area (Å²) in [6, 6.07) is 14.3. The normalized spacial score (nSPS) is 18.3. The van der Waals surface area contributed by atoms with Crippen LogP contribution in [-0.2, 0) is 10.3 Å². The number of aliphatic hydroxyl groups is 1. The van der Waals surface area contributed by atoms with E-state index in [1.807, 2.05) is 23.1 Å². The number of aliphatic hydroxyl groups excluding tert-OH is 1. The zero-order valence-electron chi connectivity index (χ0n) is 15.9. The van der Waals surface area contributed by atoms with Gasteiger partial charge >= 0.3 is 12.0 Å². The molecule has 0 bridgehead atoms. The molecule has 1 unspecified atom stereocenters. The molecule has 2 aromatic carbocycles. The number of benzene rings is 2. The molecule has 1 spiro atoms. The number of halogens is 1. The molecule has 8 heteroatoms. The Balaban J connectivity index is 1.35. The lowest BCUT2D eigenvalue weighted by Gasteiger charge is -2.37. The van der Waals surface area contributed by atoms with Crippen molar-refractivity contribution in [3.63, 3.8) is 0 Å². The number of carbonyl (C=O) groups is 1. The molecule has 1 fully saturated rings. The van der Waals surface area contributed by atoms with Crippen molar-refractivity contribution in [3.05, 3.63) is 76.0 Å². The lowest BCUT2D eigenvalue weighted by Crippen LogP contribution is -2.43. The topological polar surface area (TPSA) is 96.0 Å². The second-order valence-electron chi connectivity index (χ2n) is 7.55. The Labute approximate surface area is 177 Å². The first-order chi connectivity index (χ1) is 14.5. The largest absolute Gasteiger partial charge is 0.491 e. The van der Waals surface area contributed by atoms with Crippen LogP contribution in [0, 0.1) is 0 Å². The fourth-order valence-electron chi connectivity index (χ4n) is 4.20. The number of fused-ring (bicyclic) bond motifs is 2. The molecule has 2 aliphatic heterocycles. The minimum Gasteiger partial charge on any atom is -0.491 e. The fraction of sp³-hybridized carbons (Fsp3) is 0.273. The number of rotatable bonds is 3. The Bertz CT molecular complexity index is 1100. The first-order valence-electron chi connectivity index (χ1n) is 9.68. The maximum atomic E-state index is 12.2. The minimum atomic E-state index is -1.16. The van der Waals surface area contributed by atoms with E-state index in [-0.39, 0.29) is 23.6 Å². The predicted octanol–water partition coefficient (Wildman–Crippen LogP) is 3.78. The van der Waals surface area contributed by atoms with Crippen molar-refractivity contribution in [2.45, 2.75) is 24.5 Å². The first kappa shape index (κ1) is 19.0. The average molecular weight is 427 g/mol. The van der Waals surface area contributed by atoms with Crippen LogP contribution in [0.2, 0.25) is 5.02 Å². The maximum absolute atomic E-state index is 12.2. The summed E-state index contributed by atoms with van der Waals surface area (Å²) >= 11 is 5.89. The van der Waals surface area contributed by atoms with E-state index in [1.165, 1.54) is 0 Å². The van der Waals surface area contributed by atoms with E-state index in [9.17, 15) is 15.0 Å². The molecule has 5 rings (SSSR count). The number of aromatic nitrogens is 1. The number of nitrogens with zero attached hydrogens (tertiary/aromatic N) is 2. The van der Waals surface area contributed by atoms with E-state index < -0.39 is 11.7 Å². The van der Waals surface area contributed by atoms with Crippen molar-refractivity contribution in [1.82, 2.24) is 4.98 Å². The van der Waals surface area contributed by atoms with Gasteiger partial charge in [0.2, 0.25) is 5.76 Å². The number of esters is 1. The minimum absolute atomic E-state index is 0.0229. The van der Waals surface area contributed by atoms with Crippen LogP contribution in [0.5, 0.6) is 5.88 Å². The van der Waals surface area contributed by atoms with Crippen LogP contribution in [0.3, 0.4) is 0 Å². The lowest BCUT2D eigenvalue weighted by molar-refractivity contribution is -0.0214. The van der Waals surface area contributed by atoms with Crippen molar-refractivity contribution < 1.29 is 24.2 Å². The number of anilines is 1. The van der Waals surface area contributed by atoms with E-state index in [4.69, 9.17) is 20.8 Å². The number of hydrogen-bond donors (Lipinski definition) is 2. The molecule has 3 aromatic rings. The third-order valence-electron chi connectivity index (χ3n) is 5.82. The highest BCUT2D eigenvalue weighted by Gasteiger charge is 2.47. The molecule has 1 saturated heterocycles. The Kier molecular flexibility index (Phi) is 4.45. The zero-order chi connectivity index (χ0) is 20.9. The van der Waals surface area contributed by atoms with Gasteiger partial charge in [-0.2, -0.15) is 4.98 Å². The summed E-state index contributed by atoms with van der Waals surface area (Å²) in [6.45, 7) is 1.05. The molecule has 1 aromatic heterocycles. The summed E-state index contributed by atoms with van der Waals surface area (Å²) in [4.78, 5) is 18.2. The number of carbonyl (C=O) groups excluding carboxylic acids is 1. The van der Waals surface area contributed by atoms with Gasteiger partial charge in [-0.3, -0.25) is 0 Å². The highest BCUT2D eigenvalue weighted by molar-refractivity contribution is 6.30. The number of aromatic hydroxyl groups is 1. The Morgan fingerprint density at radius 1 is 1.10 bits per heavy atom. The quantitative estimate of drug-likeness (QED) is 0.615. The maximum Gasteiger partial charge on any atom is 0.339 e. The second-order valence-corrected chi connectivity index (χ2v) is 7.99. The van der Waals surface area contributed by atoms with Crippen LogP contribution in [0.15, 0.2) is 52.9 Å². The molecule has 0 amide bonds. The molecule has 7 nitrogen and oxygen atoms in total. The molecule has 0 saturated carbocycles. The number of oxazole rings is 1. The van der Waals surface area contributed by atoms with Gasteiger partial charge in [0.25, 0.3) is 5.88 Å². The Morgan fingerprint density at radius 2 is 1.80 bits per heavy atom. The zero-order valence-corrected chi connectivity index (χ0v) is 16.7. The number of ether oxygens (including phenoxy) is 1. The third-order valence-corrected chi connectivity index (χ3v) is 6.08. The summed E-state index contributed by atoms with van der Waals surface area (Å²) in [5.41, 5.74) is 1.44. The van der Waals surface area contributed by atoms with E-state index in [0.29, 0.717) is 42.1 Å². The molecule has 2 N–H and O–H groups in total. The van der Waals surface area contributed by atoms with Crippen molar-refractivity contribution in [1.29, 1.82) is 0 Å². The third kappa shape index (κ3) is 3.02. The van der Waals surface area contributed by atoms with Gasteiger partial charge in [0.1, 0.15) is 11.7 Å².